The molecule has 2 aliphatic heterocycles. The molecule has 0 atom stereocenters. The lowest BCUT2D eigenvalue weighted by molar-refractivity contribution is 0.0996. The van der Waals surface area contributed by atoms with Crippen LogP contribution in [0.2, 0.25) is 0 Å². The molecule has 2 saturated heterocycles. The smallest absolute Gasteiger partial charge is 0.271 e. The van der Waals surface area contributed by atoms with Gasteiger partial charge in [0.1, 0.15) is 5.82 Å². The van der Waals surface area contributed by atoms with E-state index in [1.807, 2.05) is 6.20 Å². The highest BCUT2D eigenvalue weighted by atomic mass is 16.1. The molecule has 3 aliphatic rings. The van der Waals surface area contributed by atoms with E-state index in [1.54, 1.807) is 12.4 Å². The third-order valence-electron chi connectivity index (χ3n) is 7.25. The van der Waals surface area contributed by atoms with Crippen molar-refractivity contribution in [2.24, 2.45) is 5.73 Å². The first-order valence-electron chi connectivity index (χ1n) is 12.1. The highest BCUT2D eigenvalue weighted by molar-refractivity contribution is 5.96. The predicted octanol–water partition coefficient (Wildman–Crippen LogP) is 3.09. The molecule has 3 fully saturated rings. The predicted molar refractivity (Wildman–Crippen MR) is 124 cm³/mol. The zero-order valence-corrected chi connectivity index (χ0v) is 18.7. The van der Waals surface area contributed by atoms with Crippen molar-refractivity contribution >= 4 is 23.2 Å². The van der Waals surface area contributed by atoms with Crippen molar-refractivity contribution < 1.29 is 4.79 Å². The first kappa shape index (κ1) is 21.2. The van der Waals surface area contributed by atoms with Gasteiger partial charge in [0.2, 0.25) is 0 Å². The van der Waals surface area contributed by atoms with Crippen LogP contribution in [0.5, 0.6) is 0 Å². The Morgan fingerprint density at radius 1 is 0.938 bits per heavy atom. The number of anilines is 3. The van der Waals surface area contributed by atoms with E-state index >= 15 is 0 Å². The number of hydrogen-bond donors (Lipinski definition) is 2. The van der Waals surface area contributed by atoms with Crippen LogP contribution in [0.1, 0.15) is 74.3 Å². The second-order valence-corrected chi connectivity index (χ2v) is 9.38. The Labute approximate surface area is 189 Å². The molecule has 5 rings (SSSR count). The fourth-order valence-corrected chi connectivity index (χ4v) is 5.45. The van der Waals surface area contributed by atoms with Gasteiger partial charge in [-0.05, 0) is 44.9 Å². The van der Waals surface area contributed by atoms with E-state index in [9.17, 15) is 4.79 Å². The Balaban J connectivity index is 1.27. The Morgan fingerprint density at radius 2 is 1.69 bits per heavy atom. The lowest BCUT2D eigenvalue weighted by atomic mass is 10.0. The Kier molecular flexibility index (Phi) is 6.25. The van der Waals surface area contributed by atoms with Gasteiger partial charge in [-0.3, -0.25) is 9.48 Å². The minimum Gasteiger partial charge on any atom is -0.364 e. The lowest BCUT2D eigenvalue weighted by Gasteiger charge is -2.36. The molecule has 172 valence electrons. The molecular formula is C23H34N8O. The fourth-order valence-electron chi connectivity index (χ4n) is 5.45. The van der Waals surface area contributed by atoms with Gasteiger partial charge in [-0.1, -0.05) is 12.8 Å². The summed E-state index contributed by atoms with van der Waals surface area (Å²) in [4.78, 5) is 25.8. The summed E-state index contributed by atoms with van der Waals surface area (Å²) in [7, 11) is 0. The minimum atomic E-state index is -0.586. The molecule has 1 saturated carbocycles. The molecule has 1 aliphatic carbocycles. The van der Waals surface area contributed by atoms with Crippen molar-refractivity contribution in [3.05, 3.63) is 24.3 Å². The molecule has 2 aromatic heterocycles. The number of nitrogens with one attached hydrogen (secondary N) is 1. The molecule has 9 nitrogen and oxygen atoms in total. The molecule has 0 bridgehead atoms. The van der Waals surface area contributed by atoms with Crippen LogP contribution in [-0.2, 0) is 0 Å². The number of primary amides is 1. The van der Waals surface area contributed by atoms with Crippen LogP contribution in [0.3, 0.4) is 0 Å². The van der Waals surface area contributed by atoms with E-state index in [1.165, 1.54) is 32.1 Å². The minimum absolute atomic E-state index is 0.156. The summed E-state index contributed by atoms with van der Waals surface area (Å²) in [5.41, 5.74) is 6.52. The monoisotopic (exact) mass is 438 g/mol. The summed E-state index contributed by atoms with van der Waals surface area (Å²) in [6.45, 7) is 4.21. The number of amides is 1. The first-order valence-corrected chi connectivity index (χ1v) is 12.1. The summed E-state index contributed by atoms with van der Waals surface area (Å²) >= 11 is 0. The largest absolute Gasteiger partial charge is 0.364 e. The maximum Gasteiger partial charge on any atom is 0.271 e. The Morgan fingerprint density at radius 3 is 2.41 bits per heavy atom. The standard InChI is InChI=1S/C23H34N8O/c24-22(32)21-23(28-20(15-25-21)30-10-4-1-5-11-30)27-17-14-26-31(16-17)19-8-12-29(13-9-19)18-6-2-3-7-18/h14-16,18-19H,1-13H2,(H2,24,32)(H,27,28). The molecule has 0 aromatic carbocycles. The van der Waals surface area contributed by atoms with E-state index in [4.69, 9.17) is 10.7 Å². The van der Waals surface area contributed by atoms with Crippen molar-refractivity contribution in [1.29, 1.82) is 0 Å². The maximum absolute atomic E-state index is 11.9. The number of hydrogen-bond acceptors (Lipinski definition) is 7. The molecule has 1 amide bonds. The van der Waals surface area contributed by atoms with Gasteiger partial charge in [0.25, 0.3) is 5.91 Å². The SMILES string of the molecule is NC(=O)c1ncc(N2CCCCC2)nc1Nc1cnn(C2CCN(C3CCCC3)CC2)c1. The zero-order chi connectivity index (χ0) is 21.9. The summed E-state index contributed by atoms with van der Waals surface area (Å²) in [5.74, 6) is 0.594. The highest BCUT2D eigenvalue weighted by Gasteiger charge is 2.28. The van der Waals surface area contributed by atoms with Crippen molar-refractivity contribution in [2.75, 3.05) is 36.4 Å². The molecule has 9 heteroatoms. The van der Waals surface area contributed by atoms with Crippen LogP contribution < -0.4 is 16.0 Å². The highest BCUT2D eigenvalue weighted by Crippen LogP contribution is 2.30. The van der Waals surface area contributed by atoms with E-state index in [-0.39, 0.29) is 5.69 Å². The molecule has 2 aromatic rings. The summed E-state index contributed by atoms with van der Waals surface area (Å²) in [6.07, 6.45) is 16.7. The van der Waals surface area contributed by atoms with Gasteiger partial charge in [-0.15, -0.1) is 0 Å². The van der Waals surface area contributed by atoms with Crippen LogP contribution >= 0.6 is 0 Å². The number of nitrogens with two attached hydrogens (primary N) is 1. The van der Waals surface area contributed by atoms with Gasteiger partial charge in [0, 0.05) is 38.4 Å². The van der Waals surface area contributed by atoms with E-state index in [0.29, 0.717) is 11.9 Å². The van der Waals surface area contributed by atoms with Gasteiger partial charge >= 0.3 is 0 Å². The second-order valence-electron chi connectivity index (χ2n) is 9.38. The van der Waals surface area contributed by atoms with Gasteiger partial charge in [0.05, 0.1) is 24.1 Å². The molecule has 32 heavy (non-hydrogen) atoms. The topological polar surface area (TPSA) is 105 Å². The number of piperidine rings is 2. The summed E-state index contributed by atoms with van der Waals surface area (Å²) in [6, 6.07) is 1.20. The molecule has 4 heterocycles. The number of likely N-dealkylation sites (tertiary alicyclic amines) is 1. The van der Waals surface area contributed by atoms with Crippen LogP contribution in [-0.4, -0.2) is 62.8 Å². The third-order valence-corrected chi connectivity index (χ3v) is 7.25. The average Bonchev–Trinajstić information content (AvgIpc) is 3.52. The van der Waals surface area contributed by atoms with E-state index < -0.39 is 5.91 Å². The van der Waals surface area contributed by atoms with Gasteiger partial charge in [-0.25, -0.2) is 9.97 Å². The van der Waals surface area contributed by atoms with Crippen molar-refractivity contribution in [3.63, 3.8) is 0 Å². The summed E-state index contributed by atoms with van der Waals surface area (Å²) in [5, 5.41) is 7.86. The zero-order valence-electron chi connectivity index (χ0n) is 18.7. The van der Waals surface area contributed by atoms with E-state index in [2.05, 4.69) is 29.9 Å². The normalized spacial score (nSPS) is 21.2. The fraction of sp³-hybridized carbons (Fsp3) is 0.652. The van der Waals surface area contributed by atoms with E-state index in [0.717, 1.165) is 69.4 Å². The molecular weight excluding hydrogens is 404 g/mol. The molecule has 3 N–H and O–H groups in total. The lowest BCUT2D eigenvalue weighted by Crippen LogP contribution is -2.40. The first-order chi connectivity index (χ1) is 15.7. The second kappa shape index (κ2) is 9.44. The number of aromatic nitrogens is 4. The Hall–Kier alpha value is -2.68. The number of nitrogens with zero attached hydrogens (tertiary/aromatic N) is 6. The number of carbonyl (C=O) groups excluding carboxylic acids is 1. The van der Waals surface area contributed by atoms with Crippen molar-refractivity contribution in [2.45, 2.75) is 69.9 Å². The Bertz CT molecular complexity index is 924. The van der Waals surface area contributed by atoms with Crippen molar-refractivity contribution in [3.8, 4) is 0 Å². The van der Waals surface area contributed by atoms with Gasteiger partial charge in [-0.2, -0.15) is 5.10 Å². The van der Waals surface area contributed by atoms with Crippen molar-refractivity contribution in [1.82, 2.24) is 24.6 Å². The van der Waals surface area contributed by atoms with Crippen LogP contribution in [0.15, 0.2) is 18.6 Å². The number of rotatable bonds is 6. The average molecular weight is 439 g/mol. The molecule has 0 radical (unpaired) electrons. The maximum atomic E-state index is 11.9. The molecule has 0 unspecified atom stereocenters. The molecule has 0 spiro atoms. The summed E-state index contributed by atoms with van der Waals surface area (Å²) < 4.78 is 2.06. The third kappa shape index (κ3) is 4.57. The quantitative estimate of drug-likeness (QED) is 0.714. The van der Waals surface area contributed by atoms with Crippen LogP contribution in [0, 0.1) is 0 Å². The van der Waals surface area contributed by atoms with Crippen LogP contribution in [0.25, 0.3) is 0 Å². The van der Waals surface area contributed by atoms with Crippen LogP contribution in [0.4, 0.5) is 17.3 Å². The van der Waals surface area contributed by atoms with Gasteiger partial charge < -0.3 is 20.9 Å². The number of carbonyl (C=O) groups is 1. The van der Waals surface area contributed by atoms with Gasteiger partial charge in [0.15, 0.2) is 11.5 Å².